The molecule has 0 radical (unpaired) electrons. The van der Waals surface area contributed by atoms with Gasteiger partial charge >= 0.3 is 0 Å². The maximum absolute atomic E-state index is 11.4. The first-order valence-electron chi connectivity index (χ1n) is 6.50. The zero-order chi connectivity index (χ0) is 15.1. The third kappa shape index (κ3) is 5.17. The quantitative estimate of drug-likeness (QED) is 0.718. The Morgan fingerprint density at radius 3 is 2.60 bits per heavy atom. The summed E-state index contributed by atoms with van der Waals surface area (Å²) in [6.07, 6.45) is 0.465. The molecule has 1 atom stereocenters. The van der Waals surface area contributed by atoms with Gasteiger partial charge < -0.3 is 10.6 Å². The Bertz CT molecular complexity index is 469. The Labute approximate surface area is 133 Å². The third-order valence-corrected chi connectivity index (χ3v) is 3.84. The molecule has 0 bridgehead atoms. The second kappa shape index (κ2) is 8.32. The van der Waals surface area contributed by atoms with Gasteiger partial charge in [-0.15, -0.1) is 11.6 Å². The maximum atomic E-state index is 11.4. The van der Waals surface area contributed by atoms with Crippen LogP contribution in [0.4, 0.5) is 5.69 Å². The van der Waals surface area contributed by atoms with E-state index in [4.69, 9.17) is 11.6 Å². The highest BCUT2D eigenvalue weighted by atomic mass is 79.9. The average molecular weight is 360 g/mol. The van der Waals surface area contributed by atoms with E-state index in [0.29, 0.717) is 12.3 Å². The smallest absolute Gasteiger partial charge is 0.220 e. The van der Waals surface area contributed by atoms with Gasteiger partial charge in [0.25, 0.3) is 0 Å². The van der Waals surface area contributed by atoms with Crippen molar-refractivity contribution in [1.82, 2.24) is 5.32 Å². The number of carbonyl (C=O) groups excluding carboxylic acids is 1. The fraction of sp³-hybridized carbons (Fsp3) is 0.400. The normalized spacial score (nSPS) is 11.8. The molecule has 0 saturated heterocycles. The van der Waals surface area contributed by atoms with Crippen LogP contribution < -0.4 is 10.6 Å². The van der Waals surface area contributed by atoms with Crippen molar-refractivity contribution in [2.45, 2.75) is 37.5 Å². The molecule has 0 aliphatic carbocycles. The van der Waals surface area contributed by atoms with Crippen molar-refractivity contribution < 1.29 is 4.79 Å². The minimum Gasteiger partial charge on any atom is -0.358 e. The molecule has 0 aliphatic rings. The molecule has 0 aliphatic heterocycles. The van der Waals surface area contributed by atoms with E-state index in [-0.39, 0.29) is 11.9 Å². The number of alkyl halides is 2. The van der Waals surface area contributed by atoms with Crippen molar-refractivity contribution >= 4 is 39.1 Å². The van der Waals surface area contributed by atoms with Crippen LogP contribution in [-0.2, 0) is 16.0 Å². The summed E-state index contributed by atoms with van der Waals surface area (Å²) in [6, 6.07) is 5.94. The minimum absolute atomic E-state index is 0.0103. The monoisotopic (exact) mass is 358 g/mol. The summed E-state index contributed by atoms with van der Waals surface area (Å²) in [5, 5.41) is 6.87. The Morgan fingerprint density at radius 1 is 1.40 bits per heavy atom. The van der Waals surface area contributed by atoms with Crippen LogP contribution in [0.1, 0.15) is 31.4 Å². The molecule has 0 saturated carbocycles. The predicted molar refractivity (Wildman–Crippen MR) is 89.3 cm³/mol. The van der Waals surface area contributed by atoms with Crippen LogP contribution in [0.3, 0.4) is 0 Å². The molecule has 0 heterocycles. The van der Waals surface area contributed by atoms with Gasteiger partial charge in [-0.05, 0) is 30.2 Å². The fourth-order valence-electron chi connectivity index (χ4n) is 1.71. The number of rotatable bonds is 7. The van der Waals surface area contributed by atoms with Crippen molar-refractivity contribution in [3.63, 3.8) is 0 Å². The molecule has 0 aromatic heterocycles. The molecular weight excluding hydrogens is 340 g/mol. The zero-order valence-corrected chi connectivity index (χ0v) is 14.1. The number of hydrogen-bond acceptors (Lipinski definition) is 2. The minimum atomic E-state index is -0.130. The largest absolute Gasteiger partial charge is 0.358 e. The lowest BCUT2D eigenvalue weighted by Gasteiger charge is -2.19. The topological polar surface area (TPSA) is 41.1 Å². The molecule has 1 aromatic rings. The zero-order valence-electron chi connectivity index (χ0n) is 11.8. The lowest BCUT2D eigenvalue weighted by molar-refractivity contribution is -0.121. The molecule has 110 valence electrons. The lowest BCUT2D eigenvalue weighted by Crippen LogP contribution is -2.35. The summed E-state index contributed by atoms with van der Waals surface area (Å²) in [5.74, 6) is 0.473. The Kier molecular flexibility index (Phi) is 7.10. The molecule has 1 rings (SSSR count). The fourth-order valence-corrected chi connectivity index (χ4v) is 2.19. The number of nitrogens with one attached hydrogen (secondary N) is 2. The first-order chi connectivity index (χ1) is 9.49. The molecule has 0 spiro atoms. The number of benzene rings is 1. The highest BCUT2D eigenvalue weighted by molar-refractivity contribution is 9.08. The molecule has 1 unspecified atom stereocenters. The summed E-state index contributed by atoms with van der Waals surface area (Å²) in [6.45, 7) is 7.70. The summed E-state index contributed by atoms with van der Waals surface area (Å²) in [4.78, 5) is 11.4. The Morgan fingerprint density at radius 2 is 2.05 bits per heavy atom. The maximum Gasteiger partial charge on any atom is 0.220 e. The number of halogens is 2. The van der Waals surface area contributed by atoms with Crippen molar-refractivity contribution in [1.29, 1.82) is 0 Å². The van der Waals surface area contributed by atoms with Crippen LogP contribution in [0.25, 0.3) is 0 Å². The SMILES string of the molecule is C=C(Nc1cc(CCl)cc(CBr)c1)C(C)NC(=O)CC. The first-order valence-corrected chi connectivity index (χ1v) is 8.15. The summed E-state index contributed by atoms with van der Waals surface area (Å²) in [7, 11) is 0. The van der Waals surface area contributed by atoms with E-state index in [0.717, 1.165) is 27.8 Å². The summed E-state index contributed by atoms with van der Waals surface area (Å²) >= 11 is 9.33. The van der Waals surface area contributed by atoms with Crippen molar-refractivity contribution in [3.8, 4) is 0 Å². The van der Waals surface area contributed by atoms with Gasteiger partial charge in [0.2, 0.25) is 5.91 Å². The van der Waals surface area contributed by atoms with Gasteiger partial charge in [-0.3, -0.25) is 4.79 Å². The van der Waals surface area contributed by atoms with Gasteiger partial charge in [0.15, 0.2) is 0 Å². The molecule has 1 aromatic carbocycles. The molecule has 20 heavy (non-hydrogen) atoms. The van der Waals surface area contributed by atoms with Gasteiger partial charge in [0.1, 0.15) is 0 Å². The molecule has 3 nitrogen and oxygen atoms in total. The van der Waals surface area contributed by atoms with Crippen LogP contribution in [-0.4, -0.2) is 11.9 Å². The number of anilines is 1. The second-order valence-electron chi connectivity index (χ2n) is 4.60. The highest BCUT2D eigenvalue weighted by Gasteiger charge is 2.10. The van der Waals surface area contributed by atoms with Gasteiger partial charge in [-0.1, -0.05) is 35.5 Å². The van der Waals surface area contributed by atoms with Crippen molar-refractivity contribution in [3.05, 3.63) is 41.6 Å². The summed E-state index contributed by atoms with van der Waals surface area (Å²) < 4.78 is 0. The van der Waals surface area contributed by atoms with Gasteiger partial charge in [-0.2, -0.15) is 0 Å². The van der Waals surface area contributed by atoms with E-state index < -0.39 is 0 Å². The summed E-state index contributed by atoms with van der Waals surface area (Å²) in [5.41, 5.74) is 3.87. The van der Waals surface area contributed by atoms with Crippen molar-refractivity contribution in [2.75, 3.05) is 5.32 Å². The van der Waals surface area contributed by atoms with Gasteiger partial charge in [0.05, 0.1) is 6.04 Å². The predicted octanol–water partition coefficient (Wildman–Crippen LogP) is 4.16. The van der Waals surface area contributed by atoms with Crippen LogP contribution in [0.5, 0.6) is 0 Å². The van der Waals surface area contributed by atoms with Crippen LogP contribution in [0.15, 0.2) is 30.5 Å². The van der Waals surface area contributed by atoms with Crippen molar-refractivity contribution in [2.24, 2.45) is 0 Å². The van der Waals surface area contributed by atoms with Crippen LogP contribution in [0, 0.1) is 0 Å². The van der Waals surface area contributed by atoms with E-state index in [1.54, 1.807) is 0 Å². The molecule has 1 amide bonds. The van der Waals surface area contributed by atoms with E-state index in [9.17, 15) is 4.79 Å². The molecule has 5 heteroatoms. The average Bonchev–Trinajstić information content (AvgIpc) is 2.46. The lowest BCUT2D eigenvalue weighted by atomic mass is 10.1. The van der Waals surface area contributed by atoms with E-state index in [1.165, 1.54) is 0 Å². The second-order valence-corrected chi connectivity index (χ2v) is 5.43. The first kappa shape index (κ1) is 17.1. The third-order valence-electron chi connectivity index (χ3n) is 2.89. The van der Waals surface area contributed by atoms with Gasteiger partial charge in [-0.25, -0.2) is 0 Å². The van der Waals surface area contributed by atoms with Gasteiger partial charge in [0, 0.05) is 29.0 Å². The standard InChI is InChI=1S/C15H20BrClN2O/c1-4-15(20)19-11(3)10(2)18-14-6-12(8-16)5-13(7-14)9-17/h5-7,11,18H,2,4,8-9H2,1,3H3,(H,19,20). The molecule has 2 N–H and O–H groups in total. The number of amides is 1. The van der Waals surface area contributed by atoms with Crippen LogP contribution in [0.2, 0.25) is 0 Å². The Hall–Kier alpha value is -1.00. The molecule has 0 fully saturated rings. The highest BCUT2D eigenvalue weighted by Crippen LogP contribution is 2.20. The van der Waals surface area contributed by atoms with E-state index in [1.807, 2.05) is 26.0 Å². The number of hydrogen-bond donors (Lipinski definition) is 2. The Balaban J connectivity index is 2.76. The molecular formula is C15H20BrClN2O. The van der Waals surface area contributed by atoms with E-state index >= 15 is 0 Å². The van der Waals surface area contributed by atoms with E-state index in [2.05, 4.69) is 39.2 Å². The number of carbonyl (C=O) groups is 1. The van der Waals surface area contributed by atoms with Crippen LogP contribution >= 0.6 is 27.5 Å².